The smallest absolute Gasteiger partial charge is 0.277 e. The number of halogens is 1. The number of pyridine rings is 1. The molecule has 0 bridgehead atoms. The van der Waals surface area contributed by atoms with Crippen molar-refractivity contribution in [2.45, 2.75) is 44.2 Å². The summed E-state index contributed by atoms with van der Waals surface area (Å²) in [6.45, 7) is 0. The zero-order valence-corrected chi connectivity index (χ0v) is 20.4. The van der Waals surface area contributed by atoms with E-state index >= 15 is 0 Å². The Morgan fingerprint density at radius 2 is 1.64 bits per heavy atom. The van der Waals surface area contributed by atoms with Gasteiger partial charge in [-0.2, -0.15) is 0 Å². The number of benzene rings is 2. The fraction of sp³-hybridized carbons (Fsp3) is 0.321. The number of rotatable bonds is 8. The van der Waals surface area contributed by atoms with Crippen LogP contribution in [0, 0.1) is 5.82 Å². The van der Waals surface area contributed by atoms with Crippen molar-refractivity contribution < 1.29 is 23.5 Å². The molecule has 0 spiro atoms. The second-order valence-electron chi connectivity index (χ2n) is 8.76. The molecule has 1 aromatic heterocycles. The van der Waals surface area contributed by atoms with Crippen molar-refractivity contribution in [3.8, 4) is 11.5 Å². The number of carbonyl (C=O) groups excluding carboxylic acids is 2. The highest BCUT2D eigenvalue weighted by Crippen LogP contribution is 2.35. The van der Waals surface area contributed by atoms with Crippen molar-refractivity contribution in [1.82, 2.24) is 10.3 Å². The van der Waals surface area contributed by atoms with Crippen LogP contribution in [0.1, 0.15) is 54.2 Å². The third-order valence-corrected chi connectivity index (χ3v) is 6.36. The molecule has 1 heterocycles. The molecule has 7 nitrogen and oxygen atoms in total. The minimum absolute atomic E-state index is 0.0147. The minimum Gasteiger partial charge on any atom is -0.497 e. The van der Waals surface area contributed by atoms with E-state index in [4.69, 9.17) is 9.47 Å². The third-order valence-electron chi connectivity index (χ3n) is 6.36. The van der Waals surface area contributed by atoms with Crippen LogP contribution in [-0.2, 0) is 4.79 Å². The van der Waals surface area contributed by atoms with Gasteiger partial charge in [0.2, 0.25) is 5.91 Å². The van der Waals surface area contributed by atoms with Crippen molar-refractivity contribution >= 4 is 17.5 Å². The predicted octanol–water partition coefficient (Wildman–Crippen LogP) is 5.07. The summed E-state index contributed by atoms with van der Waals surface area (Å²) in [5.41, 5.74) is 1.02. The number of nitrogens with one attached hydrogen (secondary N) is 1. The van der Waals surface area contributed by atoms with Crippen LogP contribution >= 0.6 is 0 Å². The molecule has 1 aliphatic rings. The fourth-order valence-electron chi connectivity index (χ4n) is 4.52. The summed E-state index contributed by atoms with van der Waals surface area (Å²) in [6, 6.07) is 14.6. The second-order valence-corrected chi connectivity index (χ2v) is 8.76. The fourth-order valence-corrected chi connectivity index (χ4v) is 4.52. The molecule has 0 unspecified atom stereocenters. The second kappa shape index (κ2) is 11.7. The number of methoxy groups -OCH3 is 2. The molecular weight excluding hydrogens is 461 g/mol. The van der Waals surface area contributed by atoms with Gasteiger partial charge in [-0.05, 0) is 42.7 Å². The van der Waals surface area contributed by atoms with Crippen molar-refractivity contribution in [1.29, 1.82) is 0 Å². The normalized spacial score (nSPS) is 14.5. The molecule has 36 heavy (non-hydrogen) atoms. The molecule has 3 aromatic rings. The highest BCUT2D eigenvalue weighted by atomic mass is 19.1. The summed E-state index contributed by atoms with van der Waals surface area (Å²) in [5.74, 6) is -0.364. The van der Waals surface area contributed by atoms with E-state index in [-0.39, 0.29) is 17.6 Å². The lowest BCUT2D eigenvalue weighted by Gasteiger charge is -2.33. The van der Waals surface area contributed by atoms with Crippen LogP contribution in [0.3, 0.4) is 0 Å². The third kappa shape index (κ3) is 5.82. The first-order valence-corrected chi connectivity index (χ1v) is 12.0. The van der Waals surface area contributed by atoms with Crippen LogP contribution in [0.25, 0.3) is 0 Å². The molecule has 1 atom stereocenters. The van der Waals surface area contributed by atoms with Crippen LogP contribution in [0.15, 0.2) is 66.9 Å². The highest BCUT2D eigenvalue weighted by Gasteiger charge is 2.35. The molecule has 4 rings (SSSR count). The maximum atomic E-state index is 14.0. The molecule has 2 amide bonds. The van der Waals surface area contributed by atoms with E-state index in [2.05, 4.69) is 10.3 Å². The van der Waals surface area contributed by atoms with E-state index in [9.17, 15) is 14.0 Å². The zero-order chi connectivity index (χ0) is 25.5. The Morgan fingerprint density at radius 1 is 0.972 bits per heavy atom. The Balaban J connectivity index is 1.85. The van der Waals surface area contributed by atoms with Gasteiger partial charge >= 0.3 is 0 Å². The first-order valence-electron chi connectivity index (χ1n) is 12.0. The average molecular weight is 492 g/mol. The lowest BCUT2D eigenvalue weighted by atomic mass is 9.94. The lowest BCUT2D eigenvalue weighted by molar-refractivity contribution is -0.123. The van der Waals surface area contributed by atoms with E-state index in [0.717, 1.165) is 32.1 Å². The molecule has 0 saturated heterocycles. The molecule has 0 aliphatic heterocycles. The largest absolute Gasteiger partial charge is 0.497 e. The summed E-state index contributed by atoms with van der Waals surface area (Å²) >= 11 is 0. The number of ether oxygens (including phenoxy) is 2. The van der Waals surface area contributed by atoms with Gasteiger partial charge in [-0.3, -0.25) is 19.5 Å². The lowest BCUT2D eigenvalue weighted by Crippen LogP contribution is -2.47. The first kappa shape index (κ1) is 25.2. The van der Waals surface area contributed by atoms with Gasteiger partial charge in [-0.15, -0.1) is 0 Å². The van der Waals surface area contributed by atoms with E-state index in [1.807, 2.05) is 0 Å². The van der Waals surface area contributed by atoms with Gasteiger partial charge in [-0.1, -0.05) is 37.5 Å². The van der Waals surface area contributed by atoms with Gasteiger partial charge in [0.1, 0.15) is 29.1 Å². The van der Waals surface area contributed by atoms with Gasteiger partial charge in [0.05, 0.1) is 19.9 Å². The molecule has 0 radical (unpaired) electrons. The Bertz CT molecular complexity index is 1160. The van der Waals surface area contributed by atoms with Gasteiger partial charge < -0.3 is 14.8 Å². The summed E-state index contributed by atoms with van der Waals surface area (Å²) in [4.78, 5) is 33.4. The van der Waals surface area contributed by atoms with Crippen LogP contribution < -0.4 is 19.7 Å². The van der Waals surface area contributed by atoms with Crippen LogP contribution in [0.2, 0.25) is 0 Å². The summed E-state index contributed by atoms with van der Waals surface area (Å²) in [6.07, 6.45) is 6.49. The van der Waals surface area contributed by atoms with Gasteiger partial charge in [0.25, 0.3) is 5.91 Å². The van der Waals surface area contributed by atoms with Crippen LogP contribution in [0.5, 0.6) is 11.5 Å². The zero-order valence-electron chi connectivity index (χ0n) is 20.4. The standard InChI is InChI=1S/C28H30FN3O4/c1-35-23-16-22(17-24(18-23)36-2)32(28(34)25-10-6-7-15-30-25)26(19-11-13-20(29)14-12-19)27(33)31-21-8-4-3-5-9-21/h6-7,10-18,21,26H,3-5,8-9H2,1-2H3,(H,31,33)/t26-/m1/s1. The van der Waals surface area contributed by atoms with E-state index < -0.39 is 17.8 Å². The number of hydrogen-bond acceptors (Lipinski definition) is 5. The quantitative estimate of drug-likeness (QED) is 0.476. The highest BCUT2D eigenvalue weighted by molar-refractivity contribution is 6.09. The maximum Gasteiger partial charge on any atom is 0.277 e. The first-order chi connectivity index (χ1) is 17.5. The monoisotopic (exact) mass is 491 g/mol. The maximum absolute atomic E-state index is 14.0. The molecule has 2 aromatic carbocycles. The number of nitrogens with zero attached hydrogens (tertiary/aromatic N) is 2. The van der Waals surface area contributed by atoms with Crippen molar-refractivity contribution in [3.63, 3.8) is 0 Å². The summed E-state index contributed by atoms with van der Waals surface area (Å²) in [5, 5.41) is 3.14. The summed E-state index contributed by atoms with van der Waals surface area (Å²) < 4.78 is 24.7. The molecule has 1 saturated carbocycles. The number of hydrogen-bond donors (Lipinski definition) is 1. The molecule has 188 valence electrons. The Morgan fingerprint density at radius 3 is 2.22 bits per heavy atom. The Labute approximate surface area is 210 Å². The number of carbonyl (C=O) groups is 2. The summed E-state index contributed by atoms with van der Waals surface area (Å²) in [7, 11) is 3.02. The van der Waals surface area contributed by atoms with Gasteiger partial charge in [0.15, 0.2) is 0 Å². The molecule has 8 heteroatoms. The average Bonchev–Trinajstić information content (AvgIpc) is 2.92. The SMILES string of the molecule is COc1cc(OC)cc(N(C(=O)c2ccccn2)[C@@H](C(=O)NC2CCCCC2)c2ccc(F)cc2)c1. The number of aromatic nitrogens is 1. The van der Waals surface area contributed by atoms with Crippen LogP contribution in [0.4, 0.5) is 10.1 Å². The van der Waals surface area contributed by atoms with Gasteiger partial charge in [0, 0.05) is 30.4 Å². The van der Waals surface area contributed by atoms with E-state index in [0.29, 0.717) is 22.7 Å². The van der Waals surface area contributed by atoms with Crippen LogP contribution in [-0.4, -0.2) is 37.1 Å². The Hall–Kier alpha value is -3.94. The topological polar surface area (TPSA) is 80.8 Å². The number of amides is 2. The Kier molecular flexibility index (Phi) is 8.15. The van der Waals surface area contributed by atoms with Crippen molar-refractivity contribution in [2.24, 2.45) is 0 Å². The van der Waals surface area contributed by atoms with Crippen molar-refractivity contribution in [3.05, 3.63) is 83.9 Å². The molecule has 1 N–H and O–H groups in total. The predicted molar refractivity (Wildman–Crippen MR) is 135 cm³/mol. The molecule has 1 fully saturated rings. The van der Waals surface area contributed by atoms with E-state index in [1.54, 1.807) is 36.4 Å². The van der Waals surface area contributed by atoms with E-state index in [1.165, 1.54) is 49.6 Å². The molecular formula is C28H30FN3O4. The van der Waals surface area contributed by atoms with Gasteiger partial charge in [-0.25, -0.2) is 4.39 Å². The van der Waals surface area contributed by atoms with Crippen molar-refractivity contribution in [2.75, 3.05) is 19.1 Å². The number of anilines is 1. The minimum atomic E-state index is -1.08. The molecule has 1 aliphatic carbocycles.